The zero-order chi connectivity index (χ0) is 16.5. The normalized spacial score (nSPS) is 7.64. The summed E-state index contributed by atoms with van der Waals surface area (Å²) in [5.41, 5.74) is 0. The fourth-order valence-corrected chi connectivity index (χ4v) is 0.577. The third-order valence-electron chi connectivity index (χ3n) is 1.99. The minimum absolute atomic E-state index is 0. The van der Waals surface area contributed by atoms with Gasteiger partial charge in [0, 0.05) is 0 Å². The molecule has 0 saturated carbocycles. The Balaban J connectivity index is -0.0000000376. The minimum atomic E-state index is 0. The van der Waals surface area contributed by atoms with E-state index < -0.39 is 0 Å². The summed E-state index contributed by atoms with van der Waals surface area (Å²) in [6.45, 7) is 8.42. The van der Waals surface area contributed by atoms with Gasteiger partial charge in [-0.3, -0.25) is 0 Å². The van der Waals surface area contributed by atoms with Crippen LogP contribution in [0, 0.1) is 0 Å². The van der Waals surface area contributed by atoms with Gasteiger partial charge in [-0.05, 0) is 0 Å². The first-order valence-corrected chi connectivity index (χ1v) is 7.98. The number of hydrogen-bond donors (Lipinski definition) is 0. The van der Waals surface area contributed by atoms with E-state index in [1.54, 1.807) is 0 Å². The maximum atomic E-state index is 9.53. The Morgan fingerprint density at radius 3 is 0.591 bits per heavy atom. The van der Waals surface area contributed by atoms with Crippen LogP contribution in [0.3, 0.4) is 0 Å². The molecule has 0 aliphatic heterocycles. The van der Waals surface area contributed by atoms with Gasteiger partial charge in [-0.25, -0.2) is 0 Å². The van der Waals surface area contributed by atoms with Crippen LogP contribution in [0.2, 0.25) is 0 Å². The van der Waals surface area contributed by atoms with Gasteiger partial charge in [0.1, 0.15) is 0 Å². The minimum Gasteiger partial charge on any atom is -0.854 e. The maximum Gasteiger partial charge on any atom is 4.00 e. The molecule has 128 valence electrons. The molecule has 4 nitrogen and oxygen atoms in total. The zero-order valence-electron chi connectivity index (χ0n) is 15.1. The molecule has 0 heterocycles. The van der Waals surface area contributed by atoms with Crippen LogP contribution in [0.25, 0.3) is 0 Å². The van der Waals surface area contributed by atoms with Crippen molar-refractivity contribution in [1.82, 2.24) is 0 Å². The number of unbranched alkanes of at least 4 members (excludes halogenated alkanes) is 4. The summed E-state index contributed by atoms with van der Waals surface area (Å²) in [5.74, 6) is 0. The summed E-state index contributed by atoms with van der Waals surface area (Å²) in [6, 6.07) is 0. The molecule has 0 aliphatic rings. The van der Waals surface area contributed by atoms with E-state index in [0.717, 1.165) is 51.4 Å². The summed E-state index contributed by atoms with van der Waals surface area (Å²) in [4.78, 5) is 0. The molecular formula is C16H36O4SnTi+4. The van der Waals surface area contributed by atoms with Crippen LogP contribution in [0.15, 0.2) is 0 Å². The van der Waals surface area contributed by atoms with E-state index in [1.165, 1.54) is 0 Å². The second-order valence-electron chi connectivity index (χ2n) is 4.23. The Labute approximate surface area is 170 Å². The van der Waals surface area contributed by atoms with E-state index in [0.29, 0.717) is 0 Å². The summed E-state index contributed by atoms with van der Waals surface area (Å²) < 4.78 is 0. The van der Waals surface area contributed by atoms with Gasteiger partial charge in [-0.1, -0.05) is 79.1 Å². The van der Waals surface area contributed by atoms with Crippen molar-refractivity contribution in [2.75, 3.05) is 26.4 Å². The van der Waals surface area contributed by atoms with E-state index in [4.69, 9.17) is 0 Å². The SMILES string of the molecule is CCCC[O-].CCCC[O-].CCCC[O-].CCCC[O-].[Sn+4].[Ti+4]. The quantitative estimate of drug-likeness (QED) is 0.486. The van der Waals surface area contributed by atoms with Gasteiger partial charge >= 0.3 is 45.6 Å². The van der Waals surface area contributed by atoms with Crippen molar-refractivity contribution in [3.8, 4) is 0 Å². The molecule has 0 amide bonds. The molecule has 0 N–H and O–H groups in total. The number of hydrogen-bond acceptors (Lipinski definition) is 4. The fraction of sp³-hybridized carbons (Fsp3) is 1.00. The largest absolute Gasteiger partial charge is 4.00 e. The zero-order valence-corrected chi connectivity index (χ0v) is 19.5. The first-order valence-electron chi connectivity index (χ1n) is 7.98. The summed E-state index contributed by atoms with van der Waals surface area (Å²) in [6.07, 6.45) is 7.46. The van der Waals surface area contributed by atoms with Crippen molar-refractivity contribution in [3.63, 3.8) is 0 Å². The van der Waals surface area contributed by atoms with E-state index >= 15 is 0 Å². The molecule has 6 heteroatoms. The smallest absolute Gasteiger partial charge is 0.854 e. The van der Waals surface area contributed by atoms with Crippen LogP contribution >= 0.6 is 0 Å². The van der Waals surface area contributed by atoms with Gasteiger partial charge in [0.05, 0.1) is 0 Å². The third-order valence-corrected chi connectivity index (χ3v) is 1.99. The molecule has 0 fully saturated rings. The standard InChI is InChI=1S/4C4H9O.Sn.Ti/c4*1-2-3-4-5;;/h4*2-4H2,1H3;;/q4*-1;2*+4. The second kappa shape index (κ2) is 57.2. The average molecular weight is 459 g/mol. The summed E-state index contributed by atoms with van der Waals surface area (Å²) >= 11 is 0. The fourth-order valence-electron chi connectivity index (χ4n) is 0.577. The van der Waals surface area contributed by atoms with E-state index in [1.807, 2.05) is 27.7 Å². The van der Waals surface area contributed by atoms with Gasteiger partial charge in [-0.15, -0.1) is 26.4 Å². The Morgan fingerprint density at radius 1 is 0.455 bits per heavy atom. The van der Waals surface area contributed by atoms with E-state index in [9.17, 15) is 20.4 Å². The number of rotatable bonds is 8. The summed E-state index contributed by atoms with van der Waals surface area (Å²) in [7, 11) is 0. The van der Waals surface area contributed by atoms with Crippen LogP contribution < -0.4 is 20.4 Å². The van der Waals surface area contributed by atoms with Crippen molar-refractivity contribution in [1.29, 1.82) is 0 Å². The van der Waals surface area contributed by atoms with Gasteiger partial charge in [0.2, 0.25) is 0 Å². The molecule has 0 rings (SSSR count). The van der Waals surface area contributed by atoms with Crippen molar-refractivity contribution in [3.05, 3.63) is 0 Å². The second-order valence-corrected chi connectivity index (χ2v) is 4.23. The predicted octanol–water partition coefficient (Wildman–Crippen LogP) is 0.204. The molecule has 0 spiro atoms. The van der Waals surface area contributed by atoms with Gasteiger partial charge in [-0.2, -0.15) is 0 Å². The van der Waals surface area contributed by atoms with Crippen LogP contribution in [0.5, 0.6) is 0 Å². The Morgan fingerprint density at radius 2 is 0.591 bits per heavy atom. The first-order chi connectivity index (χ1) is 9.66. The van der Waals surface area contributed by atoms with Crippen molar-refractivity contribution in [2.45, 2.75) is 79.1 Å². The topological polar surface area (TPSA) is 92.2 Å². The monoisotopic (exact) mass is 460 g/mol. The van der Waals surface area contributed by atoms with E-state index in [2.05, 4.69) is 0 Å². The van der Waals surface area contributed by atoms with Crippen LogP contribution in [-0.4, -0.2) is 50.3 Å². The van der Waals surface area contributed by atoms with Gasteiger partial charge in [0.15, 0.2) is 0 Å². The molecular weight excluding hydrogens is 423 g/mol. The molecule has 0 radical (unpaired) electrons. The van der Waals surface area contributed by atoms with E-state index in [-0.39, 0.29) is 72.1 Å². The Kier molecular flexibility index (Phi) is 101. The molecule has 0 saturated heterocycles. The molecule has 0 aromatic carbocycles. The third kappa shape index (κ3) is 101. The Hall–Kier alpha value is 1.35. The molecule has 0 unspecified atom stereocenters. The molecule has 0 atom stereocenters. The molecule has 0 aromatic heterocycles. The van der Waals surface area contributed by atoms with Crippen LogP contribution in [0.4, 0.5) is 0 Å². The van der Waals surface area contributed by atoms with Crippen molar-refractivity contribution < 1.29 is 42.1 Å². The van der Waals surface area contributed by atoms with Crippen LogP contribution in [-0.2, 0) is 21.7 Å². The van der Waals surface area contributed by atoms with Crippen molar-refractivity contribution >= 4 is 23.9 Å². The molecule has 0 aliphatic carbocycles. The molecule has 22 heavy (non-hydrogen) atoms. The van der Waals surface area contributed by atoms with Crippen LogP contribution in [0.1, 0.15) is 79.1 Å². The average Bonchev–Trinajstić information content (AvgIpc) is 2.44. The van der Waals surface area contributed by atoms with Gasteiger partial charge < -0.3 is 20.4 Å². The molecule has 0 aromatic rings. The Bertz CT molecular complexity index is 80.1. The first kappa shape index (κ1) is 38.7. The maximum absolute atomic E-state index is 9.53. The predicted molar refractivity (Wildman–Crippen MR) is 84.9 cm³/mol. The summed E-state index contributed by atoms with van der Waals surface area (Å²) in [5, 5.41) is 38.1. The van der Waals surface area contributed by atoms with Crippen molar-refractivity contribution in [2.24, 2.45) is 0 Å². The van der Waals surface area contributed by atoms with Gasteiger partial charge in [0.25, 0.3) is 0 Å². The molecule has 0 bridgehead atoms.